The molecule has 0 aromatic heterocycles. The Hall–Kier alpha value is -3.03. The van der Waals surface area contributed by atoms with E-state index in [9.17, 15) is 22.7 Å². The Kier molecular flexibility index (Phi) is 4.94. The van der Waals surface area contributed by atoms with Crippen molar-refractivity contribution in [1.82, 2.24) is 4.31 Å². The van der Waals surface area contributed by atoms with Gasteiger partial charge < -0.3 is 5.11 Å². The van der Waals surface area contributed by atoms with Crippen LogP contribution in [0.3, 0.4) is 0 Å². The highest BCUT2D eigenvalue weighted by molar-refractivity contribution is 7.89. The van der Waals surface area contributed by atoms with Gasteiger partial charge in [0, 0.05) is 13.0 Å². The lowest BCUT2D eigenvalue weighted by atomic mass is 9.96. The van der Waals surface area contributed by atoms with E-state index in [1.807, 2.05) is 24.3 Å². The smallest absolute Gasteiger partial charge is 0.322 e. The third kappa shape index (κ3) is 3.66. The summed E-state index contributed by atoms with van der Waals surface area (Å²) in [6.45, 7) is 0.00911. The molecule has 0 aliphatic carbocycles. The van der Waals surface area contributed by atoms with E-state index in [1.165, 1.54) is 24.3 Å². The number of fused-ring (bicyclic) bond motifs is 1. The molecule has 1 aliphatic rings. The van der Waals surface area contributed by atoms with Crippen LogP contribution in [0.2, 0.25) is 0 Å². The number of nitrogens with zero attached hydrogens (tertiary/aromatic N) is 1. The average Bonchev–Trinajstić information content (AvgIpc) is 2.73. The Morgan fingerprint density at radius 3 is 2.03 bits per heavy atom. The largest absolute Gasteiger partial charge is 0.480 e. The zero-order valence-corrected chi connectivity index (χ0v) is 16.1. The van der Waals surface area contributed by atoms with Crippen LogP contribution in [-0.4, -0.2) is 29.8 Å². The SMILES string of the molecule is O=C(O)[C@H]1Cc2ccccc2CN1S(=O)(=O)c1ccc(-c2ccc(F)cc2)cc1. The highest BCUT2D eigenvalue weighted by Gasteiger charge is 2.39. The number of hydrogen-bond acceptors (Lipinski definition) is 3. The minimum Gasteiger partial charge on any atom is -0.480 e. The maximum Gasteiger partial charge on any atom is 0.322 e. The van der Waals surface area contributed by atoms with Gasteiger partial charge in [0.2, 0.25) is 10.0 Å². The van der Waals surface area contributed by atoms with Gasteiger partial charge in [-0.1, -0.05) is 48.5 Å². The molecule has 4 rings (SSSR count). The first kappa shape index (κ1) is 19.3. The number of benzene rings is 3. The third-order valence-corrected chi connectivity index (χ3v) is 7.00. The lowest BCUT2D eigenvalue weighted by Crippen LogP contribution is -2.48. The summed E-state index contributed by atoms with van der Waals surface area (Å²) in [5, 5.41) is 9.62. The van der Waals surface area contributed by atoms with Crippen molar-refractivity contribution < 1.29 is 22.7 Å². The van der Waals surface area contributed by atoms with Gasteiger partial charge in [0.1, 0.15) is 11.9 Å². The molecule has 148 valence electrons. The normalized spacial score (nSPS) is 16.9. The van der Waals surface area contributed by atoms with Gasteiger partial charge in [0.05, 0.1) is 4.90 Å². The van der Waals surface area contributed by atoms with E-state index >= 15 is 0 Å². The molecule has 0 saturated carbocycles. The Bertz CT molecular complexity index is 1160. The quantitative estimate of drug-likeness (QED) is 0.711. The third-order valence-electron chi connectivity index (χ3n) is 5.13. The number of hydrogen-bond donors (Lipinski definition) is 1. The van der Waals surface area contributed by atoms with Crippen molar-refractivity contribution in [2.45, 2.75) is 23.9 Å². The summed E-state index contributed by atoms with van der Waals surface area (Å²) in [6.07, 6.45) is 0.123. The lowest BCUT2D eigenvalue weighted by molar-refractivity contribution is -0.141. The van der Waals surface area contributed by atoms with Crippen molar-refractivity contribution in [1.29, 1.82) is 0 Å². The van der Waals surface area contributed by atoms with Gasteiger partial charge in [-0.15, -0.1) is 0 Å². The minimum absolute atomic E-state index is 0.00911. The summed E-state index contributed by atoms with van der Waals surface area (Å²) in [4.78, 5) is 11.8. The van der Waals surface area contributed by atoms with Gasteiger partial charge in [-0.2, -0.15) is 4.31 Å². The van der Waals surface area contributed by atoms with Gasteiger partial charge >= 0.3 is 5.97 Å². The van der Waals surface area contributed by atoms with Crippen LogP contribution in [0.1, 0.15) is 11.1 Å². The average molecular weight is 411 g/mol. The van der Waals surface area contributed by atoms with E-state index in [-0.39, 0.29) is 23.7 Å². The molecule has 5 nitrogen and oxygen atoms in total. The molecule has 0 radical (unpaired) electrons. The first-order chi connectivity index (χ1) is 13.9. The molecule has 3 aromatic carbocycles. The number of halogens is 1. The van der Waals surface area contributed by atoms with Crippen LogP contribution in [-0.2, 0) is 27.8 Å². The van der Waals surface area contributed by atoms with E-state index in [0.717, 1.165) is 26.6 Å². The van der Waals surface area contributed by atoms with Crippen LogP contribution in [0.5, 0.6) is 0 Å². The number of aliphatic carboxylic acids is 1. The molecule has 0 saturated heterocycles. The van der Waals surface area contributed by atoms with Gasteiger partial charge in [-0.25, -0.2) is 12.8 Å². The molecule has 0 fully saturated rings. The van der Waals surface area contributed by atoms with Crippen LogP contribution in [0.4, 0.5) is 4.39 Å². The van der Waals surface area contributed by atoms with E-state index in [4.69, 9.17) is 0 Å². The van der Waals surface area contributed by atoms with Crippen molar-refractivity contribution >= 4 is 16.0 Å². The zero-order chi connectivity index (χ0) is 20.6. The molecule has 7 heteroatoms. The molecule has 0 bridgehead atoms. The van der Waals surface area contributed by atoms with E-state index in [1.54, 1.807) is 24.3 Å². The fraction of sp³-hybridized carbons (Fsp3) is 0.136. The second-order valence-electron chi connectivity index (χ2n) is 6.91. The number of carboxylic acid groups (broad SMARTS) is 1. The fourth-order valence-corrected chi connectivity index (χ4v) is 5.12. The van der Waals surface area contributed by atoms with Gasteiger partial charge in [-0.3, -0.25) is 4.79 Å². The fourth-order valence-electron chi connectivity index (χ4n) is 3.56. The zero-order valence-electron chi connectivity index (χ0n) is 15.3. The molecule has 1 atom stereocenters. The highest BCUT2D eigenvalue weighted by atomic mass is 32.2. The summed E-state index contributed by atoms with van der Waals surface area (Å²) in [5.74, 6) is -1.52. The molecular formula is C22H18FNO4S. The summed E-state index contributed by atoms with van der Waals surface area (Å²) in [6, 6.07) is 18.2. The number of carbonyl (C=O) groups is 1. The summed E-state index contributed by atoms with van der Waals surface area (Å²) in [5.41, 5.74) is 3.14. The number of carboxylic acids is 1. The van der Waals surface area contributed by atoms with Crippen molar-refractivity contribution in [3.8, 4) is 11.1 Å². The number of sulfonamides is 1. The predicted octanol–water partition coefficient (Wildman–Crippen LogP) is 3.69. The second-order valence-corrected chi connectivity index (χ2v) is 8.80. The van der Waals surface area contributed by atoms with Crippen LogP contribution < -0.4 is 0 Å². The Balaban J connectivity index is 1.68. The van der Waals surface area contributed by atoms with E-state index < -0.39 is 22.0 Å². The van der Waals surface area contributed by atoms with Crippen LogP contribution in [0, 0.1) is 5.82 Å². The van der Waals surface area contributed by atoms with E-state index in [2.05, 4.69) is 0 Å². The number of rotatable bonds is 4. The van der Waals surface area contributed by atoms with Crippen LogP contribution in [0.25, 0.3) is 11.1 Å². The van der Waals surface area contributed by atoms with Crippen molar-refractivity contribution in [3.63, 3.8) is 0 Å². The maximum absolute atomic E-state index is 13.2. The van der Waals surface area contributed by atoms with Crippen molar-refractivity contribution in [2.24, 2.45) is 0 Å². The molecule has 0 spiro atoms. The molecule has 3 aromatic rings. The summed E-state index contributed by atoms with van der Waals surface area (Å²) < 4.78 is 40.6. The summed E-state index contributed by atoms with van der Waals surface area (Å²) >= 11 is 0. The topological polar surface area (TPSA) is 74.7 Å². The van der Waals surface area contributed by atoms with Crippen molar-refractivity contribution in [2.75, 3.05) is 0 Å². The Labute approximate surface area is 168 Å². The lowest BCUT2D eigenvalue weighted by Gasteiger charge is -2.33. The maximum atomic E-state index is 13.2. The molecule has 0 amide bonds. The molecular weight excluding hydrogens is 393 g/mol. The molecule has 1 N–H and O–H groups in total. The standard InChI is InChI=1S/C22H18FNO4S/c23-19-9-5-15(6-10-19)16-7-11-20(12-8-16)29(27,28)24-14-18-4-2-1-3-17(18)13-21(24)22(25)26/h1-12,21H,13-14H2,(H,25,26)/t21-/m1/s1. The Morgan fingerprint density at radius 1 is 0.897 bits per heavy atom. The van der Waals surface area contributed by atoms with Crippen LogP contribution in [0.15, 0.2) is 77.7 Å². The molecule has 29 heavy (non-hydrogen) atoms. The van der Waals surface area contributed by atoms with Gasteiger partial charge in [-0.05, 0) is 46.5 Å². The van der Waals surface area contributed by atoms with Gasteiger partial charge in [0.25, 0.3) is 0 Å². The molecule has 0 unspecified atom stereocenters. The molecule has 1 aliphatic heterocycles. The molecule has 1 heterocycles. The monoisotopic (exact) mass is 411 g/mol. The van der Waals surface area contributed by atoms with Gasteiger partial charge in [0.15, 0.2) is 0 Å². The first-order valence-corrected chi connectivity index (χ1v) is 10.5. The van der Waals surface area contributed by atoms with Crippen LogP contribution >= 0.6 is 0 Å². The Morgan fingerprint density at radius 2 is 1.45 bits per heavy atom. The minimum atomic E-state index is -4.01. The predicted molar refractivity (Wildman–Crippen MR) is 106 cm³/mol. The summed E-state index contributed by atoms with van der Waals surface area (Å²) in [7, 11) is -4.01. The highest BCUT2D eigenvalue weighted by Crippen LogP contribution is 2.30. The first-order valence-electron chi connectivity index (χ1n) is 9.04. The van der Waals surface area contributed by atoms with Crippen molar-refractivity contribution in [3.05, 3.63) is 89.7 Å². The second kappa shape index (κ2) is 7.42. The van der Waals surface area contributed by atoms with E-state index in [0.29, 0.717) is 0 Å².